The summed E-state index contributed by atoms with van der Waals surface area (Å²) in [6.45, 7) is -0.0109. The van der Waals surface area contributed by atoms with Gasteiger partial charge in [0, 0.05) is 5.38 Å². The summed E-state index contributed by atoms with van der Waals surface area (Å²) in [6, 6.07) is 3.81. The van der Waals surface area contributed by atoms with E-state index >= 15 is 0 Å². The zero-order valence-electron chi connectivity index (χ0n) is 12.0. The summed E-state index contributed by atoms with van der Waals surface area (Å²) in [4.78, 5) is 17.9. The predicted molar refractivity (Wildman–Crippen MR) is 93.8 cm³/mol. The SMILES string of the molecule is O=C(N[C@H](CO)C1CCSCC1)c1csc(-c2cccs2)n1. The normalized spacial score (nSPS) is 17.3. The van der Waals surface area contributed by atoms with Crippen LogP contribution in [0.4, 0.5) is 0 Å². The Morgan fingerprint density at radius 3 is 2.91 bits per heavy atom. The highest BCUT2D eigenvalue weighted by molar-refractivity contribution is 7.99. The van der Waals surface area contributed by atoms with E-state index in [1.165, 1.54) is 11.3 Å². The van der Waals surface area contributed by atoms with Crippen molar-refractivity contribution in [1.82, 2.24) is 10.3 Å². The van der Waals surface area contributed by atoms with Crippen molar-refractivity contribution in [3.63, 3.8) is 0 Å². The number of aliphatic hydroxyl groups is 1. The molecule has 4 nitrogen and oxygen atoms in total. The van der Waals surface area contributed by atoms with E-state index in [0.717, 1.165) is 34.2 Å². The van der Waals surface area contributed by atoms with Crippen molar-refractivity contribution < 1.29 is 9.90 Å². The number of nitrogens with one attached hydrogen (secondary N) is 1. The minimum Gasteiger partial charge on any atom is -0.394 e. The maximum Gasteiger partial charge on any atom is 0.271 e. The highest BCUT2D eigenvalue weighted by atomic mass is 32.2. The smallest absolute Gasteiger partial charge is 0.271 e. The number of hydrogen-bond acceptors (Lipinski definition) is 6. The molecule has 2 aromatic rings. The summed E-state index contributed by atoms with van der Waals surface area (Å²) < 4.78 is 0. The second kappa shape index (κ2) is 7.59. The third-order valence-corrected chi connectivity index (χ3v) is 6.75. The lowest BCUT2D eigenvalue weighted by Gasteiger charge is -2.29. The molecule has 1 amide bonds. The molecule has 1 saturated heterocycles. The number of thiazole rings is 1. The van der Waals surface area contributed by atoms with Crippen molar-refractivity contribution in [3.05, 3.63) is 28.6 Å². The van der Waals surface area contributed by atoms with Crippen LogP contribution in [-0.2, 0) is 0 Å². The second-order valence-corrected chi connectivity index (χ2v) is 8.26. The van der Waals surface area contributed by atoms with Crippen LogP contribution in [0.5, 0.6) is 0 Å². The number of thioether (sulfide) groups is 1. The molecule has 118 valence electrons. The molecule has 1 atom stereocenters. The van der Waals surface area contributed by atoms with Gasteiger partial charge < -0.3 is 10.4 Å². The summed E-state index contributed by atoms with van der Waals surface area (Å²) >= 11 is 5.03. The van der Waals surface area contributed by atoms with E-state index in [9.17, 15) is 9.90 Å². The molecule has 1 fully saturated rings. The van der Waals surface area contributed by atoms with E-state index in [0.29, 0.717) is 11.6 Å². The first-order valence-corrected chi connectivity index (χ1v) is 10.2. The first-order chi connectivity index (χ1) is 10.8. The maximum absolute atomic E-state index is 12.4. The molecule has 0 aromatic carbocycles. The minimum absolute atomic E-state index is 0.0109. The molecule has 3 rings (SSSR count). The van der Waals surface area contributed by atoms with Crippen molar-refractivity contribution in [2.45, 2.75) is 18.9 Å². The average molecular weight is 355 g/mol. The molecule has 1 aliphatic heterocycles. The van der Waals surface area contributed by atoms with Gasteiger partial charge in [-0.2, -0.15) is 11.8 Å². The van der Waals surface area contributed by atoms with Gasteiger partial charge in [0.05, 0.1) is 17.5 Å². The highest BCUT2D eigenvalue weighted by Crippen LogP contribution is 2.28. The lowest BCUT2D eigenvalue weighted by atomic mass is 9.94. The summed E-state index contributed by atoms with van der Waals surface area (Å²) in [7, 11) is 0. The molecule has 3 heterocycles. The van der Waals surface area contributed by atoms with E-state index in [-0.39, 0.29) is 18.6 Å². The number of amides is 1. The molecule has 22 heavy (non-hydrogen) atoms. The molecule has 1 aliphatic rings. The zero-order chi connectivity index (χ0) is 15.4. The Labute approximate surface area is 142 Å². The Morgan fingerprint density at radius 2 is 2.23 bits per heavy atom. The van der Waals surface area contributed by atoms with Gasteiger partial charge in [-0.05, 0) is 41.7 Å². The summed E-state index contributed by atoms with van der Waals surface area (Å²) in [5.74, 6) is 2.40. The molecular weight excluding hydrogens is 336 g/mol. The van der Waals surface area contributed by atoms with Gasteiger partial charge in [-0.25, -0.2) is 4.98 Å². The third-order valence-electron chi connectivity index (χ3n) is 3.82. The molecular formula is C15H18N2O2S3. The topological polar surface area (TPSA) is 62.2 Å². The van der Waals surface area contributed by atoms with Gasteiger partial charge in [-0.15, -0.1) is 22.7 Å². The third kappa shape index (κ3) is 3.71. The van der Waals surface area contributed by atoms with Crippen molar-refractivity contribution in [2.75, 3.05) is 18.1 Å². The molecule has 0 radical (unpaired) electrons. The lowest BCUT2D eigenvalue weighted by molar-refractivity contribution is 0.0880. The summed E-state index contributed by atoms with van der Waals surface area (Å²) in [5, 5.41) is 17.2. The standard InChI is InChI=1S/C15H18N2O2S3/c18-8-11(10-3-6-20-7-4-10)16-14(19)12-9-22-15(17-12)13-2-1-5-21-13/h1-2,5,9-11,18H,3-4,6-8H2,(H,16,19)/t11-/m1/s1. The number of carbonyl (C=O) groups excluding carboxylic acids is 1. The van der Waals surface area contributed by atoms with Crippen LogP contribution < -0.4 is 5.32 Å². The van der Waals surface area contributed by atoms with Crippen LogP contribution in [0.3, 0.4) is 0 Å². The number of aromatic nitrogens is 1. The van der Waals surface area contributed by atoms with Gasteiger partial charge >= 0.3 is 0 Å². The van der Waals surface area contributed by atoms with Crippen molar-refractivity contribution in [3.8, 4) is 9.88 Å². The van der Waals surface area contributed by atoms with Gasteiger partial charge in [0.2, 0.25) is 0 Å². The maximum atomic E-state index is 12.4. The Bertz CT molecular complexity index is 606. The minimum atomic E-state index is -0.184. The van der Waals surface area contributed by atoms with E-state index in [1.54, 1.807) is 16.7 Å². The van der Waals surface area contributed by atoms with Crippen LogP contribution in [0.2, 0.25) is 0 Å². The Morgan fingerprint density at radius 1 is 1.41 bits per heavy atom. The average Bonchev–Trinajstić information content (AvgIpc) is 3.23. The molecule has 7 heteroatoms. The van der Waals surface area contributed by atoms with Crippen molar-refractivity contribution >= 4 is 40.3 Å². The first kappa shape index (κ1) is 16.0. The number of carbonyl (C=O) groups is 1. The lowest BCUT2D eigenvalue weighted by Crippen LogP contribution is -2.44. The van der Waals surface area contributed by atoms with Crippen LogP contribution >= 0.6 is 34.4 Å². The van der Waals surface area contributed by atoms with E-state index in [2.05, 4.69) is 10.3 Å². The molecule has 0 unspecified atom stereocenters. The van der Waals surface area contributed by atoms with Crippen LogP contribution in [0.1, 0.15) is 23.3 Å². The number of aliphatic hydroxyl groups excluding tert-OH is 1. The van der Waals surface area contributed by atoms with Gasteiger partial charge in [0.25, 0.3) is 5.91 Å². The Hall–Kier alpha value is -0.890. The highest BCUT2D eigenvalue weighted by Gasteiger charge is 2.25. The van der Waals surface area contributed by atoms with Gasteiger partial charge in [-0.1, -0.05) is 6.07 Å². The van der Waals surface area contributed by atoms with Crippen LogP contribution in [0.25, 0.3) is 9.88 Å². The summed E-state index contributed by atoms with van der Waals surface area (Å²) in [5.41, 5.74) is 0.442. The van der Waals surface area contributed by atoms with E-state index in [1.807, 2.05) is 29.3 Å². The molecule has 0 aliphatic carbocycles. The van der Waals surface area contributed by atoms with E-state index < -0.39 is 0 Å². The van der Waals surface area contributed by atoms with Crippen LogP contribution in [0, 0.1) is 5.92 Å². The van der Waals surface area contributed by atoms with Gasteiger partial charge in [-0.3, -0.25) is 4.79 Å². The fraction of sp³-hybridized carbons (Fsp3) is 0.467. The fourth-order valence-corrected chi connectivity index (χ4v) is 5.32. The van der Waals surface area contributed by atoms with Crippen LogP contribution in [-0.4, -0.2) is 40.2 Å². The molecule has 0 saturated carbocycles. The monoisotopic (exact) mass is 354 g/mol. The van der Waals surface area contributed by atoms with Gasteiger partial charge in [0.15, 0.2) is 0 Å². The Kier molecular flexibility index (Phi) is 5.51. The molecule has 2 aromatic heterocycles. The molecule has 0 bridgehead atoms. The fourth-order valence-electron chi connectivity index (χ4n) is 2.56. The largest absolute Gasteiger partial charge is 0.394 e. The number of thiophene rings is 1. The number of nitrogens with zero attached hydrogens (tertiary/aromatic N) is 1. The van der Waals surface area contributed by atoms with Gasteiger partial charge in [0.1, 0.15) is 10.7 Å². The van der Waals surface area contributed by atoms with E-state index in [4.69, 9.17) is 0 Å². The van der Waals surface area contributed by atoms with Crippen molar-refractivity contribution in [1.29, 1.82) is 0 Å². The first-order valence-electron chi connectivity index (χ1n) is 7.27. The Balaban J connectivity index is 1.65. The number of hydrogen-bond donors (Lipinski definition) is 2. The molecule has 0 spiro atoms. The molecule has 2 N–H and O–H groups in total. The van der Waals surface area contributed by atoms with Crippen LogP contribution in [0.15, 0.2) is 22.9 Å². The summed E-state index contributed by atoms with van der Waals surface area (Å²) in [6.07, 6.45) is 2.10. The number of rotatable bonds is 5. The predicted octanol–water partition coefficient (Wildman–Crippen LogP) is 3.11. The zero-order valence-corrected chi connectivity index (χ0v) is 14.5. The quantitative estimate of drug-likeness (QED) is 0.866. The van der Waals surface area contributed by atoms with Crippen molar-refractivity contribution in [2.24, 2.45) is 5.92 Å². The second-order valence-electron chi connectivity index (χ2n) is 5.23.